The molecule has 1 aromatic carbocycles. The number of rotatable bonds is 5. The average molecular weight is 291 g/mol. The van der Waals surface area contributed by atoms with E-state index in [4.69, 9.17) is 9.47 Å². The van der Waals surface area contributed by atoms with Crippen LogP contribution in [0.15, 0.2) is 24.3 Å². The number of esters is 1. The number of benzene rings is 1. The SMILES string of the molecule is COC(=O)C(Nc1ccc(OC)cc1)C1CCCC(C)C1. The third-order valence-electron chi connectivity index (χ3n) is 4.32. The molecule has 1 aliphatic rings. The molecule has 1 aliphatic carbocycles. The summed E-state index contributed by atoms with van der Waals surface area (Å²) >= 11 is 0. The predicted molar refractivity (Wildman–Crippen MR) is 83.5 cm³/mol. The van der Waals surface area contributed by atoms with Crippen molar-refractivity contribution in [1.29, 1.82) is 0 Å². The molecule has 3 unspecified atom stereocenters. The van der Waals surface area contributed by atoms with E-state index in [0.29, 0.717) is 11.8 Å². The van der Waals surface area contributed by atoms with E-state index in [-0.39, 0.29) is 12.0 Å². The van der Waals surface area contributed by atoms with Crippen LogP contribution >= 0.6 is 0 Å². The van der Waals surface area contributed by atoms with Crippen molar-refractivity contribution in [2.75, 3.05) is 19.5 Å². The van der Waals surface area contributed by atoms with Gasteiger partial charge in [0.05, 0.1) is 14.2 Å². The maximum atomic E-state index is 12.1. The highest BCUT2D eigenvalue weighted by molar-refractivity contribution is 5.79. The lowest BCUT2D eigenvalue weighted by molar-refractivity contribution is -0.143. The highest BCUT2D eigenvalue weighted by Crippen LogP contribution is 2.32. The fraction of sp³-hybridized carbons (Fsp3) is 0.588. The molecule has 1 N–H and O–H groups in total. The van der Waals surface area contributed by atoms with Crippen molar-refractivity contribution in [3.05, 3.63) is 24.3 Å². The molecule has 4 nitrogen and oxygen atoms in total. The summed E-state index contributed by atoms with van der Waals surface area (Å²) in [6, 6.07) is 7.37. The molecule has 3 atom stereocenters. The molecule has 0 aliphatic heterocycles. The van der Waals surface area contributed by atoms with Gasteiger partial charge in [-0.25, -0.2) is 4.79 Å². The summed E-state index contributed by atoms with van der Waals surface area (Å²) in [6.07, 6.45) is 4.59. The molecule has 4 heteroatoms. The summed E-state index contributed by atoms with van der Waals surface area (Å²) in [5.41, 5.74) is 0.921. The molecule has 1 fully saturated rings. The van der Waals surface area contributed by atoms with Crippen LogP contribution in [0.25, 0.3) is 0 Å². The van der Waals surface area contributed by atoms with Crippen molar-refractivity contribution in [2.45, 2.75) is 38.6 Å². The minimum atomic E-state index is -0.272. The van der Waals surface area contributed by atoms with Gasteiger partial charge in [0.25, 0.3) is 0 Å². The Morgan fingerprint density at radius 1 is 1.24 bits per heavy atom. The van der Waals surface area contributed by atoms with Gasteiger partial charge in [-0.3, -0.25) is 0 Å². The van der Waals surface area contributed by atoms with Gasteiger partial charge in [-0.1, -0.05) is 19.8 Å². The lowest BCUT2D eigenvalue weighted by Gasteiger charge is -2.32. The molecule has 0 saturated heterocycles. The van der Waals surface area contributed by atoms with E-state index in [9.17, 15) is 4.79 Å². The van der Waals surface area contributed by atoms with Gasteiger partial charge in [-0.05, 0) is 48.9 Å². The first kappa shape index (κ1) is 15.7. The highest BCUT2D eigenvalue weighted by atomic mass is 16.5. The summed E-state index contributed by atoms with van der Waals surface area (Å²) in [6.45, 7) is 2.26. The molecule has 2 rings (SSSR count). The van der Waals surface area contributed by atoms with Crippen LogP contribution in [0.3, 0.4) is 0 Å². The molecule has 1 saturated carbocycles. The van der Waals surface area contributed by atoms with E-state index >= 15 is 0 Å². The van der Waals surface area contributed by atoms with Gasteiger partial charge >= 0.3 is 5.97 Å². The van der Waals surface area contributed by atoms with Crippen LogP contribution in [0.1, 0.15) is 32.6 Å². The quantitative estimate of drug-likeness (QED) is 0.844. The molecule has 0 amide bonds. The van der Waals surface area contributed by atoms with Crippen LogP contribution in [0.5, 0.6) is 5.75 Å². The molecule has 0 spiro atoms. The van der Waals surface area contributed by atoms with Gasteiger partial charge in [0, 0.05) is 5.69 Å². The zero-order chi connectivity index (χ0) is 15.2. The van der Waals surface area contributed by atoms with Crippen molar-refractivity contribution >= 4 is 11.7 Å². The van der Waals surface area contributed by atoms with Crippen molar-refractivity contribution in [3.63, 3.8) is 0 Å². The van der Waals surface area contributed by atoms with E-state index < -0.39 is 0 Å². The van der Waals surface area contributed by atoms with Gasteiger partial charge in [-0.2, -0.15) is 0 Å². The third kappa shape index (κ3) is 4.13. The van der Waals surface area contributed by atoms with Crippen LogP contribution in [0.4, 0.5) is 5.69 Å². The Bertz CT molecular complexity index is 458. The Morgan fingerprint density at radius 2 is 1.95 bits per heavy atom. The highest BCUT2D eigenvalue weighted by Gasteiger charge is 2.32. The van der Waals surface area contributed by atoms with Crippen LogP contribution in [-0.2, 0) is 9.53 Å². The van der Waals surface area contributed by atoms with E-state index in [1.807, 2.05) is 24.3 Å². The zero-order valence-electron chi connectivity index (χ0n) is 13.1. The van der Waals surface area contributed by atoms with Crippen molar-refractivity contribution in [3.8, 4) is 5.75 Å². The Morgan fingerprint density at radius 3 is 2.52 bits per heavy atom. The maximum Gasteiger partial charge on any atom is 0.328 e. The number of anilines is 1. The van der Waals surface area contributed by atoms with Crippen molar-refractivity contribution in [1.82, 2.24) is 0 Å². The third-order valence-corrected chi connectivity index (χ3v) is 4.32. The van der Waals surface area contributed by atoms with E-state index in [2.05, 4.69) is 12.2 Å². The topological polar surface area (TPSA) is 47.6 Å². The fourth-order valence-electron chi connectivity index (χ4n) is 3.15. The first-order valence-electron chi connectivity index (χ1n) is 7.62. The average Bonchev–Trinajstić information content (AvgIpc) is 2.52. The van der Waals surface area contributed by atoms with Gasteiger partial charge in [-0.15, -0.1) is 0 Å². The number of hydrogen-bond donors (Lipinski definition) is 1. The maximum absolute atomic E-state index is 12.1. The minimum absolute atomic E-state index is 0.176. The first-order valence-corrected chi connectivity index (χ1v) is 7.62. The van der Waals surface area contributed by atoms with E-state index in [1.54, 1.807) is 7.11 Å². The Labute approximate surface area is 126 Å². The molecular weight excluding hydrogens is 266 g/mol. The molecule has 21 heavy (non-hydrogen) atoms. The Hall–Kier alpha value is -1.71. The van der Waals surface area contributed by atoms with Gasteiger partial charge in [0.2, 0.25) is 0 Å². The number of carbonyl (C=O) groups is 1. The molecular formula is C17H25NO3. The number of hydrogen-bond acceptors (Lipinski definition) is 4. The summed E-state index contributed by atoms with van der Waals surface area (Å²) in [7, 11) is 3.10. The second-order valence-corrected chi connectivity index (χ2v) is 5.91. The molecule has 0 radical (unpaired) electrons. The summed E-state index contributed by atoms with van der Waals surface area (Å²) in [4.78, 5) is 12.1. The molecule has 0 bridgehead atoms. The van der Waals surface area contributed by atoms with Crippen molar-refractivity contribution < 1.29 is 14.3 Å². The largest absolute Gasteiger partial charge is 0.497 e. The number of carbonyl (C=O) groups excluding carboxylic acids is 1. The van der Waals surface area contributed by atoms with Gasteiger partial charge in [0.1, 0.15) is 11.8 Å². The summed E-state index contributed by atoms with van der Waals surface area (Å²) in [5.74, 6) is 1.64. The summed E-state index contributed by atoms with van der Waals surface area (Å²) < 4.78 is 10.1. The molecule has 0 aromatic heterocycles. The Balaban J connectivity index is 2.09. The number of methoxy groups -OCH3 is 2. The molecule has 1 aromatic rings. The lowest BCUT2D eigenvalue weighted by atomic mass is 9.78. The van der Waals surface area contributed by atoms with Crippen LogP contribution < -0.4 is 10.1 Å². The second-order valence-electron chi connectivity index (χ2n) is 5.91. The Kier molecular flexibility index (Phi) is 5.48. The monoisotopic (exact) mass is 291 g/mol. The molecule has 116 valence electrons. The van der Waals surface area contributed by atoms with Gasteiger partial charge < -0.3 is 14.8 Å². The van der Waals surface area contributed by atoms with Crippen LogP contribution in [0.2, 0.25) is 0 Å². The normalized spacial score (nSPS) is 23.2. The smallest absolute Gasteiger partial charge is 0.328 e. The van der Waals surface area contributed by atoms with E-state index in [0.717, 1.165) is 24.3 Å². The zero-order valence-corrected chi connectivity index (χ0v) is 13.1. The fourth-order valence-corrected chi connectivity index (χ4v) is 3.15. The van der Waals surface area contributed by atoms with Gasteiger partial charge in [0.15, 0.2) is 0 Å². The standard InChI is InChI=1S/C17H25NO3/c1-12-5-4-6-13(11-12)16(17(19)21-3)18-14-7-9-15(20-2)10-8-14/h7-10,12-13,16,18H,4-6,11H2,1-3H3. The van der Waals surface area contributed by atoms with Crippen LogP contribution in [0, 0.1) is 11.8 Å². The van der Waals surface area contributed by atoms with E-state index in [1.165, 1.54) is 20.0 Å². The van der Waals surface area contributed by atoms with Crippen molar-refractivity contribution in [2.24, 2.45) is 11.8 Å². The number of ether oxygens (including phenoxy) is 2. The summed E-state index contributed by atoms with van der Waals surface area (Å²) in [5, 5.41) is 3.34. The predicted octanol–water partition coefficient (Wildman–Crippen LogP) is 3.48. The van der Waals surface area contributed by atoms with Crippen LogP contribution in [-0.4, -0.2) is 26.2 Å². The lowest BCUT2D eigenvalue weighted by Crippen LogP contribution is -2.40. The minimum Gasteiger partial charge on any atom is -0.497 e. The second kappa shape index (κ2) is 7.34. The number of nitrogens with one attached hydrogen (secondary N) is 1. The molecule has 0 heterocycles. The first-order chi connectivity index (χ1) is 10.1.